The van der Waals surface area contributed by atoms with Crippen molar-refractivity contribution in [3.05, 3.63) is 28.2 Å². The lowest BCUT2D eigenvalue weighted by Crippen LogP contribution is -2.26. The van der Waals surface area contributed by atoms with Crippen LogP contribution in [0.4, 0.5) is 0 Å². The average Bonchev–Trinajstić information content (AvgIpc) is 2.16. The standard InChI is InChI=1S/C12H18BrNO2/c1-7(14)11-5-4-10(13)6-12(11)16-9(3)8(2)15/h4-9,15H,14H2,1-3H3. The molecular formula is C12H18BrNO2. The number of aliphatic hydroxyl groups is 1. The van der Waals surface area contributed by atoms with Gasteiger partial charge in [0, 0.05) is 16.1 Å². The third kappa shape index (κ3) is 3.47. The van der Waals surface area contributed by atoms with Crippen LogP contribution in [-0.4, -0.2) is 17.3 Å². The molecule has 1 aromatic carbocycles. The highest BCUT2D eigenvalue weighted by Gasteiger charge is 2.15. The number of benzene rings is 1. The van der Waals surface area contributed by atoms with Crippen LogP contribution < -0.4 is 10.5 Å². The molecule has 3 unspecified atom stereocenters. The fourth-order valence-electron chi connectivity index (χ4n) is 1.29. The van der Waals surface area contributed by atoms with E-state index in [1.54, 1.807) is 6.92 Å². The minimum atomic E-state index is -0.514. The van der Waals surface area contributed by atoms with Crippen LogP contribution in [0.1, 0.15) is 32.4 Å². The highest BCUT2D eigenvalue weighted by molar-refractivity contribution is 9.10. The Balaban J connectivity index is 2.96. The highest BCUT2D eigenvalue weighted by Crippen LogP contribution is 2.28. The van der Waals surface area contributed by atoms with Gasteiger partial charge in [0.1, 0.15) is 11.9 Å². The van der Waals surface area contributed by atoms with Crippen molar-refractivity contribution in [3.8, 4) is 5.75 Å². The van der Waals surface area contributed by atoms with Gasteiger partial charge >= 0.3 is 0 Å². The molecule has 0 aliphatic heterocycles. The van der Waals surface area contributed by atoms with Crippen LogP contribution in [0.3, 0.4) is 0 Å². The minimum absolute atomic E-state index is 0.0932. The molecule has 0 bridgehead atoms. The molecule has 16 heavy (non-hydrogen) atoms. The van der Waals surface area contributed by atoms with Gasteiger partial charge in [-0.05, 0) is 32.9 Å². The Morgan fingerprint density at radius 1 is 1.31 bits per heavy atom. The SMILES string of the molecule is CC(N)c1ccc(Br)cc1OC(C)C(C)O. The van der Waals surface area contributed by atoms with Crippen molar-refractivity contribution in [1.29, 1.82) is 0 Å². The summed E-state index contributed by atoms with van der Waals surface area (Å²) in [5, 5.41) is 9.41. The van der Waals surface area contributed by atoms with Crippen molar-refractivity contribution in [2.75, 3.05) is 0 Å². The summed E-state index contributed by atoms with van der Waals surface area (Å²) in [7, 11) is 0. The molecule has 3 nitrogen and oxygen atoms in total. The largest absolute Gasteiger partial charge is 0.488 e. The number of ether oxygens (including phenoxy) is 1. The van der Waals surface area contributed by atoms with Crippen molar-refractivity contribution >= 4 is 15.9 Å². The normalized spacial score (nSPS) is 16.6. The van der Waals surface area contributed by atoms with Gasteiger partial charge in [0.25, 0.3) is 0 Å². The second kappa shape index (κ2) is 5.66. The van der Waals surface area contributed by atoms with E-state index in [9.17, 15) is 5.11 Å². The Morgan fingerprint density at radius 3 is 2.44 bits per heavy atom. The molecular weight excluding hydrogens is 270 g/mol. The summed E-state index contributed by atoms with van der Waals surface area (Å²) in [6.45, 7) is 5.44. The first-order valence-electron chi connectivity index (χ1n) is 5.31. The molecule has 90 valence electrons. The summed E-state index contributed by atoms with van der Waals surface area (Å²) in [4.78, 5) is 0. The Bertz CT molecular complexity index is 353. The number of rotatable bonds is 4. The van der Waals surface area contributed by atoms with Gasteiger partial charge < -0.3 is 15.6 Å². The van der Waals surface area contributed by atoms with Crippen LogP contribution in [0.5, 0.6) is 5.75 Å². The lowest BCUT2D eigenvalue weighted by atomic mass is 10.1. The molecule has 0 radical (unpaired) electrons. The number of nitrogens with two attached hydrogens (primary N) is 1. The van der Waals surface area contributed by atoms with Gasteiger partial charge in [-0.25, -0.2) is 0 Å². The van der Waals surface area contributed by atoms with Crippen LogP contribution >= 0.6 is 15.9 Å². The Labute approximate surface area is 105 Å². The maximum absolute atomic E-state index is 9.41. The number of hydrogen-bond acceptors (Lipinski definition) is 3. The third-order valence-corrected chi connectivity index (χ3v) is 2.95. The molecule has 0 saturated carbocycles. The second-order valence-corrected chi connectivity index (χ2v) is 4.95. The summed E-state index contributed by atoms with van der Waals surface area (Å²) in [6, 6.07) is 5.64. The first-order valence-corrected chi connectivity index (χ1v) is 6.11. The summed E-state index contributed by atoms with van der Waals surface area (Å²) in [6.07, 6.45) is -0.772. The fourth-order valence-corrected chi connectivity index (χ4v) is 1.63. The van der Waals surface area contributed by atoms with Gasteiger partial charge in [0.05, 0.1) is 6.10 Å². The van der Waals surface area contributed by atoms with E-state index in [1.807, 2.05) is 32.0 Å². The van der Waals surface area contributed by atoms with Gasteiger partial charge in [-0.15, -0.1) is 0 Å². The van der Waals surface area contributed by atoms with E-state index in [1.165, 1.54) is 0 Å². The minimum Gasteiger partial charge on any atom is -0.488 e. The predicted octanol–water partition coefficient (Wildman–Crippen LogP) is 2.62. The van der Waals surface area contributed by atoms with Gasteiger partial charge in [-0.1, -0.05) is 22.0 Å². The molecule has 4 heteroatoms. The first-order chi connectivity index (χ1) is 7.41. The molecule has 0 fully saturated rings. The molecule has 0 amide bonds. The Morgan fingerprint density at radius 2 is 1.94 bits per heavy atom. The fraction of sp³-hybridized carbons (Fsp3) is 0.500. The van der Waals surface area contributed by atoms with Crippen molar-refractivity contribution in [1.82, 2.24) is 0 Å². The quantitative estimate of drug-likeness (QED) is 0.895. The Hall–Kier alpha value is -0.580. The average molecular weight is 288 g/mol. The first kappa shape index (κ1) is 13.5. The number of halogens is 1. The molecule has 0 aromatic heterocycles. The number of hydrogen-bond donors (Lipinski definition) is 2. The van der Waals surface area contributed by atoms with Crippen molar-refractivity contribution in [2.24, 2.45) is 5.73 Å². The lowest BCUT2D eigenvalue weighted by Gasteiger charge is -2.21. The smallest absolute Gasteiger partial charge is 0.125 e. The van der Waals surface area contributed by atoms with Crippen LogP contribution in [0.25, 0.3) is 0 Å². The Kier molecular flexibility index (Phi) is 4.77. The van der Waals surface area contributed by atoms with E-state index in [4.69, 9.17) is 10.5 Å². The molecule has 0 aliphatic carbocycles. The predicted molar refractivity (Wildman–Crippen MR) is 68.5 cm³/mol. The van der Waals surface area contributed by atoms with E-state index in [-0.39, 0.29) is 12.1 Å². The lowest BCUT2D eigenvalue weighted by molar-refractivity contribution is 0.0596. The van der Waals surface area contributed by atoms with Crippen LogP contribution in [0.15, 0.2) is 22.7 Å². The van der Waals surface area contributed by atoms with E-state index in [0.717, 1.165) is 15.8 Å². The molecule has 3 N–H and O–H groups in total. The summed E-state index contributed by atoms with van der Waals surface area (Å²) < 4.78 is 6.62. The molecule has 0 aliphatic rings. The summed E-state index contributed by atoms with van der Waals surface area (Å²) in [5.74, 6) is 0.720. The van der Waals surface area contributed by atoms with Gasteiger partial charge in [-0.3, -0.25) is 0 Å². The van der Waals surface area contributed by atoms with Gasteiger partial charge in [-0.2, -0.15) is 0 Å². The maximum atomic E-state index is 9.41. The zero-order chi connectivity index (χ0) is 12.3. The molecule has 3 atom stereocenters. The van der Waals surface area contributed by atoms with Crippen molar-refractivity contribution in [3.63, 3.8) is 0 Å². The third-order valence-electron chi connectivity index (χ3n) is 2.46. The zero-order valence-corrected chi connectivity index (χ0v) is 11.4. The molecule has 0 spiro atoms. The van der Waals surface area contributed by atoms with Gasteiger partial charge in [0.2, 0.25) is 0 Å². The molecule has 1 aromatic rings. The van der Waals surface area contributed by atoms with E-state index in [2.05, 4.69) is 15.9 Å². The van der Waals surface area contributed by atoms with E-state index in [0.29, 0.717) is 0 Å². The maximum Gasteiger partial charge on any atom is 0.125 e. The second-order valence-electron chi connectivity index (χ2n) is 4.03. The van der Waals surface area contributed by atoms with Crippen molar-refractivity contribution < 1.29 is 9.84 Å². The summed E-state index contributed by atoms with van der Waals surface area (Å²) in [5.41, 5.74) is 6.80. The molecule has 0 heterocycles. The zero-order valence-electron chi connectivity index (χ0n) is 9.77. The van der Waals surface area contributed by atoms with Crippen LogP contribution in [0, 0.1) is 0 Å². The van der Waals surface area contributed by atoms with E-state index < -0.39 is 6.10 Å². The summed E-state index contributed by atoms with van der Waals surface area (Å²) >= 11 is 3.39. The van der Waals surface area contributed by atoms with E-state index >= 15 is 0 Å². The monoisotopic (exact) mass is 287 g/mol. The highest BCUT2D eigenvalue weighted by atomic mass is 79.9. The van der Waals surface area contributed by atoms with Crippen LogP contribution in [0.2, 0.25) is 0 Å². The van der Waals surface area contributed by atoms with Crippen molar-refractivity contribution in [2.45, 2.75) is 39.0 Å². The number of aliphatic hydroxyl groups excluding tert-OH is 1. The van der Waals surface area contributed by atoms with Crippen LogP contribution in [-0.2, 0) is 0 Å². The molecule has 0 saturated heterocycles. The van der Waals surface area contributed by atoms with Gasteiger partial charge in [0.15, 0.2) is 0 Å². The topological polar surface area (TPSA) is 55.5 Å². The molecule has 1 rings (SSSR count).